The number of rotatable bonds is 7. The summed E-state index contributed by atoms with van der Waals surface area (Å²) >= 11 is 1.39. The monoisotopic (exact) mass is 479 g/mol. The van der Waals surface area contributed by atoms with Gasteiger partial charge in [0.2, 0.25) is 5.31 Å². The lowest BCUT2D eigenvalue weighted by molar-refractivity contribution is 0.0969. The zero-order chi connectivity index (χ0) is 23.8. The highest BCUT2D eigenvalue weighted by molar-refractivity contribution is 8.04. The van der Waals surface area contributed by atoms with Crippen LogP contribution in [-0.4, -0.2) is 12.2 Å². The standard InChI is InChI=1S/C29H23N2OPS/c1-34-29(31-28(32)23-14-6-2-7-15-23)27(22-30)33(24-16-8-3-9-17-24,25-18-10-4-11-19-25)26-20-12-5-13-21-26/h2-21H,1H3/p+1/b29-27-. The average Bonchev–Trinajstić information content (AvgIpc) is 2.92. The number of benzene rings is 4. The molecule has 0 bridgehead atoms. The van der Waals surface area contributed by atoms with Gasteiger partial charge in [-0.2, -0.15) is 5.26 Å². The third-order valence-corrected chi connectivity index (χ3v) is 10.6. The number of nitriles is 1. The van der Waals surface area contributed by atoms with Crippen LogP contribution in [0, 0.1) is 11.3 Å². The predicted octanol–water partition coefficient (Wildman–Crippen LogP) is 5.47. The van der Waals surface area contributed by atoms with Crippen molar-refractivity contribution in [2.45, 2.75) is 0 Å². The molecule has 34 heavy (non-hydrogen) atoms. The van der Waals surface area contributed by atoms with E-state index < -0.39 is 7.26 Å². The lowest BCUT2D eigenvalue weighted by Crippen LogP contribution is -2.34. The number of allylic oxidation sites excluding steroid dienone is 1. The highest BCUT2D eigenvalue weighted by Gasteiger charge is 2.52. The Morgan fingerprint density at radius 1 is 0.706 bits per heavy atom. The minimum absolute atomic E-state index is 0.231. The minimum Gasteiger partial charge on any atom is -0.313 e. The maximum absolute atomic E-state index is 13.1. The Morgan fingerprint density at radius 3 is 1.44 bits per heavy atom. The minimum atomic E-state index is -2.60. The van der Waals surface area contributed by atoms with Crippen molar-refractivity contribution in [3.8, 4) is 6.07 Å². The fourth-order valence-electron chi connectivity index (χ4n) is 4.04. The van der Waals surface area contributed by atoms with Crippen LogP contribution in [0.1, 0.15) is 10.4 Å². The maximum Gasteiger partial charge on any atom is 0.256 e. The van der Waals surface area contributed by atoms with Crippen molar-refractivity contribution in [3.05, 3.63) is 137 Å². The molecule has 4 aromatic rings. The molecule has 5 heteroatoms. The summed E-state index contributed by atoms with van der Waals surface area (Å²) < 4.78 is 0. The molecule has 0 spiro atoms. The molecule has 0 radical (unpaired) electrons. The van der Waals surface area contributed by atoms with Crippen LogP contribution in [0.4, 0.5) is 0 Å². The second-order valence-corrected chi connectivity index (χ2v) is 11.6. The Kier molecular flexibility index (Phi) is 7.60. The van der Waals surface area contributed by atoms with E-state index in [1.165, 1.54) is 11.8 Å². The van der Waals surface area contributed by atoms with Gasteiger partial charge in [-0.3, -0.25) is 4.79 Å². The molecule has 0 saturated heterocycles. The summed E-state index contributed by atoms with van der Waals surface area (Å²) in [4.78, 5) is 13.1. The van der Waals surface area contributed by atoms with E-state index in [1.807, 2.05) is 79.1 Å². The average molecular weight is 480 g/mol. The smallest absolute Gasteiger partial charge is 0.256 e. The highest BCUT2D eigenvalue weighted by atomic mass is 32.2. The Balaban J connectivity index is 2.03. The molecule has 1 amide bonds. The van der Waals surface area contributed by atoms with Crippen LogP contribution in [-0.2, 0) is 0 Å². The Hall–Kier alpha value is -3.64. The molecule has 0 saturated carbocycles. The first-order valence-corrected chi connectivity index (χ1v) is 13.8. The third-order valence-electron chi connectivity index (χ3n) is 5.55. The number of hydrogen-bond acceptors (Lipinski definition) is 3. The zero-order valence-electron chi connectivity index (χ0n) is 18.8. The molecule has 3 nitrogen and oxygen atoms in total. The molecule has 0 aliphatic heterocycles. The van der Waals surface area contributed by atoms with Crippen LogP contribution >= 0.6 is 19.0 Å². The molecule has 4 aromatic carbocycles. The number of hydrogen-bond donors (Lipinski definition) is 1. The lowest BCUT2D eigenvalue weighted by Gasteiger charge is -2.27. The summed E-state index contributed by atoms with van der Waals surface area (Å²) in [5.74, 6) is -0.231. The number of nitrogens with one attached hydrogen (secondary N) is 1. The van der Waals surface area contributed by atoms with Crippen LogP contribution in [0.15, 0.2) is 132 Å². The molecule has 0 fully saturated rings. The summed E-state index contributed by atoms with van der Waals surface area (Å²) in [7, 11) is -2.60. The van der Waals surface area contributed by atoms with Crippen LogP contribution < -0.4 is 21.2 Å². The Bertz CT molecular complexity index is 1220. The highest BCUT2D eigenvalue weighted by Crippen LogP contribution is 2.63. The fraction of sp³-hybridized carbons (Fsp3) is 0.0345. The van der Waals surface area contributed by atoms with Crippen LogP contribution in [0.5, 0.6) is 0 Å². The van der Waals surface area contributed by atoms with Crippen molar-refractivity contribution in [2.75, 3.05) is 6.26 Å². The van der Waals surface area contributed by atoms with E-state index in [4.69, 9.17) is 0 Å². The number of amides is 1. The van der Waals surface area contributed by atoms with Crippen molar-refractivity contribution < 1.29 is 4.79 Å². The van der Waals surface area contributed by atoms with E-state index in [0.29, 0.717) is 15.9 Å². The first kappa shape index (κ1) is 23.5. The molecule has 0 atom stereocenters. The number of carbonyl (C=O) groups is 1. The van der Waals surface area contributed by atoms with Gasteiger partial charge in [0.15, 0.2) is 7.26 Å². The van der Waals surface area contributed by atoms with Crippen LogP contribution in [0.25, 0.3) is 0 Å². The molecular weight excluding hydrogens is 455 g/mol. The van der Waals surface area contributed by atoms with E-state index in [0.717, 1.165) is 15.9 Å². The fourth-order valence-corrected chi connectivity index (χ4v) is 9.20. The zero-order valence-corrected chi connectivity index (χ0v) is 20.5. The summed E-state index contributed by atoms with van der Waals surface area (Å²) in [6, 6.07) is 42.1. The summed E-state index contributed by atoms with van der Waals surface area (Å²) in [6.45, 7) is 0. The molecule has 166 valence electrons. The number of thioether (sulfide) groups is 1. The first-order chi connectivity index (χ1) is 16.7. The molecule has 4 rings (SSSR count). The van der Waals surface area contributed by atoms with Gasteiger partial charge in [0, 0.05) is 5.56 Å². The number of carbonyl (C=O) groups excluding carboxylic acids is 1. The summed E-state index contributed by atoms with van der Waals surface area (Å²) in [6.07, 6.45) is 1.90. The van der Waals surface area contributed by atoms with Gasteiger partial charge in [-0.25, -0.2) is 0 Å². The normalized spacial score (nSPS) is 11.8. The predicted molar refractivity (Wildman–Crippen MR) is 145 cm³/mol. The van der Waals surface area contributed by atoms with Gasteiger partial charge in [0.1, 0.15) is 27.0 Å². The molecule has 0 heterocycles. The Morgan fingerprint density at radius 2 is 1.09 bits per heavy atom. The van der Waals surface area contributed by atoms with Crippen molar-refractivity contribution >= 4 is 40.8 Å². The maximum atomic E-state index is 13.1. The van der Waals surface area contributed by atoms with E-state index in [2.05, 4.69) is 47.8 Å². The van der Waals surface area contributed by atoms with Crippen LogP contribution in [0.3, 0.4) is 0 Å². The molecule has 0 unspecified atom stereocenters. The van der Waals surface area contributed by atoms with E-state index >= 15 is 0 Å². The SMILES string of the molecule is CS/C(NC(=O)c1ccccc1)=C(/C#N)[P+](c1ccccc1)(c1ccccc1)c1ccccc1. The van der Waals surface area contributed by atoms with E-state index in [1.54, 1.807) is 12.1 Å². The van der Waals surface area contributed by atoms with Crippen molar-refractivity contribution in [1.29, 1.82) is 5.26 Å². The number of nitrogens with zero attached hydrogens (tertiary/aromatic N) is 1. The van der Waals surface area contributed by atoms with E-state index in [9.17, 15) is 10.1 Å². The van der Waals surface area contributed by atoms with Crippen LogP contribution in [0.2, 0.25) is 0 Å². The van der Waals surface area contributed by atoms with Gasteiger partial charge in [0.05, 0.1) is 0 Å². The van der Waals surface area contributed by atoms with Gasteiger partial charge in [-0.15, -0.1) is 11.8 Å². The van der Waals surface area contributed by atoms with Crippen molar-refractivity contribution in [2.24, 2.45) is 0 Å². The largest absolute Gasteiger partial charge is 0.313 e. The van der Waals surface area contributed by atoms with E-state index in [-0.39, 0.29) is 5.91 Å². The lowest BCUT2D eigenvalue weighted by atomic mass is 10.2. The van der Waals surface area contributed by atoms with Gasteiger partial charge in [-0.05, 0) is 54.8 Å². The molecular formula is C29H24N2OPS+. The second-order valence-electron chi connectivity index (χ2n) is 7.49. The van der Waals surface area contributed by atoms with Gasteiger partial charge < -0.3 is 5.32 Å². The topological polar surface area (TPSA) is 52.9 Å². The molecule has 1 N–H and O–H groups in total. The molecule has 0 aliphatic rings. The molecule has 0 aromatic heterocycles. The van der Waals surface area contributed by atoms with Crippen molar-refractivity contribution in [1.82, 2.24) is 5.32 Å². The third kappa shape index (κ3) is 4.54. The quantitative estimate of drug-likeness (QED) is 0.283. The first-order valence-electron chi connectivity index (χ1n) is 10.8. The molecule has 0 aliphatic carbocycles. The van der Waals surface area contributed by atoms with Gasteiger partial charge >= 0.3 is 0 Å². The summed E-state index contributed by atoms with van der Waals surface area (Å²) in [5, 5.41) is 18.1. The van der Waals surface area contributed by atoms with Gasteiger partial charge in [-0.1, -0.05) is 72.8 Å². The van der Waals surface area contributed by atoms with Crippen molar-refractivity contribution in [3.63, 3.8) is 0 Å². The van der Waals surface area contributed by atoms with Gasteiger partial charge in [0.25, 0.3) is 5.91 Å². The summed E-state index contributed by atoms with van der Waals surface area (Å²) in [5.41, 5.74) is 0.550. The Labute approximate surface area is 205 Å². The second kappa shape index (κ2) is 11.0.